The molecule has 0 aliphatic heterocycles. The molecule has 0 N–H and O–H groups in total. The van der Waals surface area contributed by atoms with Gasteiger partial charge < -0.3 is 4.89 Å². The van der Waals surface area contributed by atoms with E-state index < -0.39 is 8.25 Å². The van der Waals surface area contributed by atoms with Crippen molar-refractivity contribution >= 4 is 14.0 Å². The highest BCUT2D eigenvalue weighted by Gasteiger charge is 2.17. The summed E-state index contributed by atoms with van der Waals surface area (Å²) in [5.74, 6) is -0.209. The Morgan fingerprint density at radius 3 is 2.33 bits per heavy atom. The average Bonchev–Trinajstić information content (AvgIpc) is 2.03. The van der Waals surface area contributed by atoms with Gasteiger partial charge in [0.1, 0.15) is 0 Å². The lowest BCUT2D eigenvalue weighted by Crippen LogP contribution is -2.17. The first-order valence-electron chi connectivity index (χ1n) is 3.91. The Hall–Kier alpha value is -0.310. The lowest BCUT2D eigenvalue weighted by atomic mass is 9.99. The van der Waals surface area contributed by atoms with E-state index >= 15 is 0 Å². The molecule has 0 saturated heterocycles. The molecule has 1 atom stereocenters. The van der Waals surface area contributed by atoms with E-state index in [-0.39, 0.29) is 18.3 Å². The molecule has 12 heavy (non-hydrogen) atoms. The molecule has 0 aliphatic carbocycles. The van der Waals surface area contributed by atoms with Crippen LogP contribution in [-0.4, -0.2) is 12.4 Å². The van der Waals surface area contributed by atoms with Gasteiger partial charge >= 0.3 is 8.25 Å². The number of carbonyl (C=O) groups is 1. The van der Waals surface area contributed by atoms with E-state index in [1.165, 1.54) is 0 Å². The van der Waals surface area contributed by atoms with Crippen LogP contribution in [0, 0.1) is 5.92 Å². The molecule has 0 aromatic carbocycles. The summed E-state index contributed by atoms with van der Waals surface area (Å²) in [4.78, 5) is 21.1. The van der Waals surface area contributed by atoms with E-state index in [1.807, 2.05) is 13.8 Å². The second kappa shape index (κ2) is 6.23. The van der Waals surface area contributed by atoms with Gasteiger partial charge in [-0.05, 0) is 17.4 Å². The van der Waals surface area contributed by atoms with E-state index in [4.69, 9.17) is 0 Å². The number of rotatable bonds is 6. The summed E-state index contributed by atoms with van der Waals surface area (Å²) in [5, 5.41) is 0. The molecule has 0 fully saturated rings. The van der Waals surface area contributed by atoms with Crippen LogP contribution in [-0.2, 0) is 13.9 Å². The van der Waals surface area contributed by atoms with Crippen LogP contribution in [0.25, 0.3) is 0 Å². The molecule has 0 rings (SSSR count). The molecule has 1 unspecified atom stereocenters. The summed E-state index contributed by atoms with van der Waals surface area (Å²) in [6.07, 6.45) is 1.46. The molecule has 5 heteroatoms. The third-order valence-corrected chi connectivity index (χ3v) is 2.09. The Kier molecular flexibility index (Phi) is 6.07. The van der Waals surface area contributed by atoms with Crippen LogP contribution in [0.15, 0.2) is 0 Å². The Morgan fingerprint density at radius 1 is 1.50 bits per heavy atom. The predicted octanol–water partition coefficient (Wildman–Crippen LogP) is 1.03. The Balaban J connectivity index is 3.77. The maximum atomic E-state index is 11.1. The zero-order valence-electron chi connectivity index (χ0n) is 7.28. The van der Waals surface area contributed by atoms with E-state index in [1.54, 1.807) is 0 Å². The first-order chi connectivity index (χ1) is 5.61. The van der Waals surface area contributed by atoms with Crippen LogP contribution in [0.1, 0.15) is 26.7 Å². The molecular weight excluding hydrogens is 179 g/mol. The highest BCUT2D eigenvalue weighted by atomic mass is 31.1. The molecule has 0 bridgehead atoms. The largest absolute Gasteiger partial charge is 0.566 e. The van der Waals surface area contributed by atoms with Crippen LogP contribution in [0.4, 0.5) is 0 Å². The van der Waals surface area contributed by atoms with Gasteiger partial charge in [-0.2, -0.15) is 0 Å². The average molecular weight is 192 g/mol. The second-order valence-corrected chi connectivity index (χ2v) is 3.18. The van der Waals surface area contributed by atoms with Crippen molar-refractivity contribution in [2.24, 2.45) is 5.92 Å². The second-order valence-electron chi connectivity index (χ2n) is 2.48. The smallest absolute Gasteiger partial charge is 0.488 e. The minimum Gasteiger partial charge on any atom is -0.566 e. The summed E-state index contributed by atoms with van der Waals surface area (Å²) in [6.45, 7) is 3.47. The summed E-state index contributed by atoms with van der Waals surface area (Å²) >= 11 is 0. The van der Waals surface area contributed by atoms with Gasteiger partial charge in [-0.3, -0.25) is 4.79 Å². The van der Waals surface area contributed by atoms with E-state index in [0.29, 0.717) is 0 Å². The maximum absolute atomic E-state index is 11.1. The van der Waals surface area contributed by atoms with Gasteiger partial charge in [-0.15, -0.1) is 4.52 Å². The zero-order chi connectivity index (χ0) is 9.56. The molecule has 0 aromatic heterocycles. The van der Waals surface area contributed by atoms with Crippen LogP contribution in [0.2, 0.25) is 0 Å². The third kappa shape index (κ3) is 4.54. The molecule has 0 aromatic rings. The van der Waals surface area contributed by atoms with Gasteiger partial charge in [0.05, 0.1) is 0 Å². The number of carbonyl (C=O) groups excluding carboxylic acids is 1. The first-order valence-corrected chi connectivity index (χ1v) is 5.01. The maximum Gasteiger partial charge on any atom is 0.488 e. The fraction of sp³-hybridized carbons (Fsp3) is 0.857. The highest BCUT2D eigenvalue weighted by molar-refractivity contribution is 7.30. The van der Waals surface area contributed by atoms with Crippen molar-refractivity contribution in [1.29, 1.82) is 0 Å². The zero-order valence-corrected chi connectivity index (χ0v) is 8.17. The van der Waals surface area contributed by atoms with Gasteiger partial charge in [-0.25, -0.2) is 0 Å². The third-order valence-electron chi connectivity index (χ3n) is 1.75. The first kappa shape index (κ1) is 11.7. The number of hydrogen-bond donors (Lipinski definition) is 0. The van der Waals surface area contributed by atoms with Crippen LogP contribution < -0.4 is 4.89 Å². The standard InChI is InChI=1S/C7H13O4P/c1-3-6(4-2)7(8)5-11-12(9)10/h6H,3-5H2,1-2H3. The van der Waals surface area contributed by atoms with Gasteiger partial charge in [-0.1, -0.05) is 13.8 Å². The lowest BCUT2D eigenvalue weighted by Gasteiger charge is -2.07. The molecular formula is C7H13O4P. The topological polar surface area (TPSA) is 66.4 Å². The number of Topliss-reactive ketones (excluding diaryl/α,β-unsaturated/α-hetero) is 1. The molecule has 0 heterocycles. The van der Waals surface area contributed by atoms with Gasteiger partial charge in [0.2, 0.25) is 0 Å². The van der Waals surface area contributed by atoms with Crippen molar-refractivity contribution in [2.75, 3.05) is 6.61 Å². The normalized spacial score (nSPS) is 11.8. The van der Waals surface area contributed by atoms with Gasteiger partial charge in [0.25, 0.3) is 0 Å². The molecule has 0 saturated carbocycles. The van der Waals surface area contributed by atoms with Crippen LogP contribution in [0.5, 0.6) is 0 Å². The minimum atomic E-state index is -2.89. The Morgan fingerprint density at radius 2 is 2.00 bits per heavy atom. The quantitative estimate of drug-likeness (QED) is 0.589. The SMILES string of the molecule is CCC(CC)C(=O)CO[P+](=O)[O-]. The van der Waals surface area contributed by atoms with Gasteiger partial charge in [0, 0.05) is 5.92 Å². The molecule has 0 aliphatic rings. The van der Waals surface area contributed by atoms with Crippen molar-refractivity contribution in [3.8, 4) is 0 Å². The van der Waals surface area contributed by atoms with Crippen molar-refractivity contribution in [3.05, 3.63) is 0 Å². The molecule has 4 nitrogen and oxygen atoms in total. The molecule has 0 spiro atoms. The fourth-order valence-corrected chi connectivity index (χ4v) is 1.21. The molecule has 70 valence electrons. The Labute approximate surface area is 72.9 Å². The van der Waals surface area contributed by atoms with Crippen molar-refractivity contribution < 1.29 is 18.8 Å². The summed E-state index contributed by atoms with van der Waals surface area (Å²) < 4.78 is 14.2. The molecule has 0 radical (unpaired) electrons. The summed E-state index contributed by atoms with van der Waals surface area (Å²) in [5.41, 5.74) is 0. The number of hydrogen-bond acceptors (Lipinski definition) is 4. The summed E-state index contributed by atoms with van der Waals surface area (Å²) in [6, 6.07) is 0. The highest BCUT2D eigenvalue weighted by Crippen LogP contribution is 2.13. The Bertz CT molecular complexity index is 165. The lowest BCUT2D eigenvalue weighted by molar-refractivity contribution is -0.186. The minimum absolute atomic E-state index is 0.0695. The van der Waals surface area contributed by atoms with Crippen molar-refractivity contribution in [1.82, 2.24) is 0 Å². The van der Waals surface area contributed by atoms with Crippen LogP contribution >= 0.6 is 8.25 Å². The number of ketones is 1. The predicted molar refractivity (Wildman–Crippen MR) is 42.6 cm³/mol. The van der Waals surface area contributed by atoms with Crippen molar-refractivity contribution in [3.63, 3.8) is 0 Å². The van der Waals surface area contributed by atoms with Gasteiger partial charge in [0.15, 0.2) is 12.4 Å². The summed E-state index contributed by atoms with van der Waals surface area (Å²) in [7, 11) is -2.89. The van der Waals surface area contributed by atoms with Crippen LogP contribution in [0.3, 0.4) is 0 Å². The monoisotopic (exact) mass is 192 g/mol. The van der Waals surface area contributed by atoms with E-state index in [2.05, 4.69) is 4.52 Å². The fourth-order valence-electron chi connectivity index (χ4n) is 0.978. The molecule has 0 amide bonds. The van der Waals surface area contributed by atoms with Crippen molar-refractivity contribution in [2.45, 2.75) is 26.7 Å². The van der Waals surface area contributed by atoms with E-state index in [9.17, 15) is 14.3 Å². The van der Waals surface area contributed by atoms with E-state index in [0.717, 1.165) is 12.8 Å².